The number of anilines is 1. The van der Waals surface area contributed by atoms with Gasteiger partial charge in [-0.25, -0.2) is 4.79 Å². The van der Waals surface area contributed by atoms with Crippen LogP contribution in [-0.4, -0.2) is 34.3 Å². The van der Waals surface area contributed by atoms with Gasteiger partial charge in [0, 0.05) is 23.7 Å². The highest BCUT2D eigenvalue weighted by molar-refractivity contribution is 5.94. The number of carbonyl (C=O) groups is 2. The Bertz CT molecular complexity index is 710. The van der Waals surface area contributed by atoms with Crippen LogP contribution in [0.2, 0.25) is 0 Å². The number of nitrogens with one attached hydrogen (secondary N) is 3. The fourth-order valence-electron chi connectivity index (χ4n) is 3.27. The van der Waals surface area contributed by atoms with Crippen LogP contribution in [-0.2, 0) is 9.53 Å². The Kier molecular flexibility index (Phi) is 5.45. The molecule has 8 nitrogen and oxygen atoms in total. The lowest BCUT2D eigenvalue weighted by Gasteiger charge is -2.16. The van der Waals surface area contributed by atoms with E-state index in [0.717, 1.165) is 31.4 Å². The van der Waals surface area contributed by atoms with Crippen LogP contribution in [0.15, 0.2) is 6.07 Å². The molecule has 2 aliphatic rings. The number of nitriles is 1. The maximum atomic E-state index is 12.0. The number of aromatic nitrogens is 2. The Balaban J connectivity index is 1.47. The predicted octanol–water partition coefficient (Wildman–Crippen LogP) is 2.67. The van der Waals surface area contributed by atoms with Crippen molar-refractivity contribution in [3.05, 3.63) is 11.8 Å². The minimum absolute atomic E-state index is 0.102. The number of hydrogen-bond donors (Lipinski definition) is 3. The van der Waals surface area contributed by atoms with Gasteiger partial charge in [-0.1, -0.05) is 6.92 Å². The van der Waals surface area contributed by atoms with Gasteiger partial charge in [0.25, 0.3) is 0 Å². The van der Waals surface area contributed by atoms with E-state index in [0.29, 0.717) is 12.2 Å². The molecule has 3 N–H and O–H groups in total. The van der Waals surface area contributed by atoms with Gasteiger partial charge in [0.1, 0.15) is 6.10 Å². The van der Waals surface area contributed by atoms with Gasteiger partial charge in [0.15, 0.2) is 5.82 Å². The first-order valence-corrected chi connectivity index (χ1v) is 9.23. The average Bonchev–Trinajstić information content (AvgIpc) is 3.03. The van der Waals surface area contributed by atoms with Crippen molar-refractivity contribution in [2.24, 2.45) is 11.8 Å². The van der Waals surface area contributed by atoms with E-state index in [9.17, 15) is 9.59 Å². The molecule has 8 heteroatoms. The van der Waals surface area contributed by atoms with Crippen LogP contribution in [0.25, 0.3) is 0 Å². The number of rotatable bonds is 6. The monoisotopic (exact) mass is 359 g/mol. The third kappa shape index (κ3) is 4.34. The van der Waals surface area contributed by atoms with Crippen LogP contribution in [0.4, 0.5) is 10.6 Å². The molecule has 0 spiro atoms. The Morgan fingerprint density at radius 2 is 2.27 bits per heavy atom. The molecule has 0 aliphatic heterocycles. The topological polar surface area (TPSA) is 120 Å². The molecule has 0 saturated heterocycles. The lowest BCUT2D eigenvalue weighted by atomic mass is 10.0. The van der Waals surface area contributed by atoms with E-state index in [1.165, 1.54) is 0 Å². The molecule has 2 saturated carbocycles. The van der Waals surface area contributed by atoms with Gasteiger partial charge in [-0.2, -0.15) is 10.4 Å². The molecule has 5 atom stereocenters. The van der Waals surface area contributed by atoms with Crippen molar-refractivity contribution in [1.82, 2.24) is 15.5 Å². The zero-order chi connectivity index (χ0) is 18.7. The van der Waals surface area contributed by atoms with E-state index in [4.69, 9.17) is 10.00 Å². The Morgan fingerprint density at radius 3 is 2.96 bits per heavy atom. The zero-order valence-electron chi connectivity index (χ0n) is 15.1. The van der Waals surface area contributed by atoms with Gasteiger partial charge >= 0.3 is 6.09 Å². The zero-order valence-corrected chi connectivity index (χ0v) is 15.1. The quantitative estimate of drug-likeness (QED) is 0.721. The fourth-order valence-corrected chi connectivity index (χ4v) is 3.27. The first kappa shape index (κ1) is 18.2. The molecule has 0 radical (unpaired) electrons. The molecular formula is C18H25N5O3. The number of amides is 2. The first-order chi connectivity index (χ1) is 12.5. The molecule has 1 heterocycles. The number of alkyl carbamates (subject to hydrolysis) is 1. The third-order valence-electron chi connectivity index (χ3n) is 5.22. The van der Waals surface area contributed by atoms with Gasteiger partial charge in [0.2, 0.25) is 5.91 Å². The summed E-state index contributed by atoms with van der Waals surface area (Å²) in [5.74, 6) is 0.176. The van der Waals surface area contributed by atoms with Gasteiger partial charge in [-0.3, -0.25) is 9.89 Å². The second kappa shape index (κ2) is 7.77. The van der Waals surface area contributed by atoms with Crippen LogP contribution >= 0.6 is 0 Å². The van der Waals surface area contributed by atoms with Crippen molar-refractivity contribution < 1.29 is 14.3 Å². The highest BCUT2D eigenvalue weighted by Gasteiger charge is 2.43. The summed E-state index contributed by atoms with van der Waals surface area (Å²) in [6, 6.07) is 4.04. The molecule has 3 rings (SSSR count). The first-order valence-electron chi connectivity index (χ1n) is 9.23. The number of H-pyrrole nitrogens is 1. The highest BCUT2D eigenvalue weighted by Crippen LogP contribution is 2.39. The van der Waals surface area contributed by atoms with E-state index in [1.54, 1.807) is 0 Å². The molecule has 1 aromatic heterocycles. The fraction of sp³-hybridized carbons (Fsp3) is 0.667. The molecule has 2 amide bonds. The third-order valence-corrected chi connectivity index (χ3v) is 5.22. The summed E-state index contributed by atoms with van der Waals surface area (Å²) in [6.07, 6.45) is 3.47. The summed E-state index contributed by atoms with van der Waals surface area (Å²) < 4.78 is 5.49. The van der Waals surface area contributed by atoms with Gasteiger partial charge in [-0.15, -0.1) is 0 Å². The maximum absolute atomic E-state index is 12.0. The molecule has 1 aromatic rings. The normalized spacial score (nSPS) is 28.0. The van der Waals surface area contributed by atoms with Crippen molar-refractivity contribution in [2.45, 2.75) is 64.0 Å². The van der Waals surface area contributed by atoms with Crippen molar-refractivity contribution in [3.8, 4) is 6.07 Å². The molecular weight excluding hydrogens is 334 g/mol. The van der Waals surface area contributed by atoms with Crippen molar-refractivity contribution >= 4 is 17.8 Å². The molecule has 140 valence electrons. The maximum Gasteiger partial charge on any atom is 0.407 e. The summed E-state index contributed by atoms with van der Waals surface area (Å²) >= 11 is 0. The largest absolute Gasteiger partial charge is 0.446 e. The lowest BCUT2D eigenvalue weighted by molar-refractivity contribution is -0.117. The smallest absolute Gasteiger partial charge is 0.407 e. The van der Waals surface area contributed by atoms with E-state index in [2.05, 4.69) is 26.9 Å². The van der Waals surface area contributed by atoms with Crippen molar-refractivity contribution in [1.29, 1.82) is 5.26 Å². The number of carbonyl (C=O) groups excluding carboxylic acids is 2. The van der Waals surface area contributed by atoms with Crippen LogP contribution in [0, 0.1) is 23.2 Å². The Labute approximate surface area is 152 Å². The van der Waals surface area contributed by atoms with Crippen LogP contribution in [0.1, 0.15) is 57.6 Å². The van der Waals surface area contributed by atoms with E-state index in [1.807, 2.05) is 19.9 Å². The van der Waals surface area contributed by atoms with E-state index >= 15 is 0 Å². The molecule has 0 bridgehead atoms. The number of hydrogen-bond acceptors (Lipinski definition) is 5. The minimum Gasteiger partial charge on any atom is -0.446 e. The molecule has 0 aromatic carbocycles. The average molecular weight is 359 g/mol. The van der Waals surface area contributed by atoms with E-state index in [-0.39, 0.29) is 41.9 Å². The van der Waals surface area contributed by atoms with Gasteiger partial charge in [-0.05, 0) is 39.0 Å². The highest BCUT2D eigenvalue weighted by atomic mass is 16.6. The second-order valence-electron chi connectivity index (χ2n) is 7.27. The summed E-state index contributed by atoms with van der Waals surface area (Å²) in [4.78, 5) is 23.8. The molecule has 2 aliphatic carbocycles. The Hall–Kier alpha value is -2.56. The lowest BCUT2D eigenvalue weighted by Crippen LogP contribution is -2.34. The molecule has 26 heavy (non-hydrogen) atoms. The Morgan fingerprint density at radius 1 is 1.46 bits per heavy atom. The molecule has 2 fully saturated rings. The molecule has 0 unspecified atom stereocenters. The van der Waals surface area contributed by atoms with Crippen LogP contribution < -0.4 is 10.6 Å². The van der Waals surface area contributed by atoms with Crippen molar-refractivity contribution in [3.63, 3.8) is 0 Å². The van der Waals surface area contributed by atoms with Gasteiger partial charge in [0.05, 0.1) is 17.9 Å². The second-order valence-corrected chi connectivity index (χ2v) is 7.27. The summed E-state index contributed by atoms with van der Waals surface area (Å²) in [6.45, 7) is 3.95. The summed E-state index contributed by atoms with van der Waals surface area (Å²) in [5, 5.41) is 21.5. The van der Waals surface area contributed by atoms with Gasteiger partial charge < -0.3 is 15.4 Å². The van der Waals surface area contributed by atoms with Crippen LogP contribution in [0.5, 0.6) is 0 Å². The SMILES string of the molecule is CC[C@H](C)NC(=O)O[C@@H]1CC[C@H](c2cc(NC(=O)[C@H]3C[C@@H]3C#N)n[nH]2)C1. The standard InChI is InChI=1S/C18H25N5O3/c1-3-10(2)20-18(25)26-13-5-4-11(6-13)15-8-16(23-22-15)21-17(24)14-7-12(14)9-19/h8,10-14H,3-7H2,1-2H3,(H,20,25)(H2,21,22,23,24)/t10-,11-,12+,13+,14-/m0/s1. The summed E-state index contributed by atoms with van der Waals surface area (Å²) in [5.41, 5.74) is 0.932. The number of aromatic amines is 1. The van der Waals surface area contributed by atoms with E-state index < -0.39 is 0 Å². The number of nitrogens with zero attached hydrogens (tertiary/aromatic N) is 2. The predicted molar refractivity (Wildman–Crippen MR) is 94.2 cm³/mol. The van der Waals surface area contributed by atoms with Crippen LogP contribution in [0.3, 0.4) is 0 Å². The minimum atomic E-state index is -0.362. The summed E-state index contributed by atoms with van der Waals surface area (Å²) in [7, 11) is 0. The van der Waals surface area contributed by atoms with Crippen molar-refractivity contribution in [2.75, 3.05) is 5.32 Å². The number of ether oxygens (including phenoxy) is 1.